The molecule has 1 aliphatic carbocycles. The molecule has 2 fully saturated rings. The molecule has 0 aromatic heterocycles. The monoisotopic (exact) mass is 237 g/mol. The summed E-state index contributed by atoms with van der Waals surface area (Å²) in [5.41, 5.74) is 1.79. The van der Waals surface area contributed by atoms with Gasteiger partial charge in [-0.15, -0.1) is 0 Å². The van der Waals surface area contributed by atoms with E-state index in [4.69, 9.17) is 16.7 Å². The first kappa shape index (κ1) is 9.97. The maximum absolute atomic E-state index is 10.8. The summed E-state index contributed by atoms with van der Waals surface area (Å²) in [7, 11) is 0. The van der Waals surface area contributed by atoms with Crippen LogP contribution in [0, 0.1) is 5.41 Å². The highest BCUT2D eigenvalue weighted by molar-refractivity contribution is 6.33. The van der Waals surface area contributed by atoms with E-state index in [-0.39, 0.29) is 5.56 Å². The van der Waals surface area contributed by atoms with Crippen molar-refractivity contribution in [1.82, 2.24) is 0 Å². The second-order valence-electron chi connectivity index (χ2n) is 4.83. The van der Waals surface area contributed by atoms with Gasteiger partial charge in [0.05, 0.1) is 16.3 Å². The minimum Gasteiger partial charge on any atom is -0.478 e. The molecule has 3 nitrogen and oxygen atoms in total. The quantitative estimate of drug-likeness (QED) is 0.860. The maximum Gasteiger partial charge on any atom is 0.335 e. The van der Waals surface area contributed by atoms with Crippen LogP contribution in [0.2, 0.25) is 5.02 Å². The summed E-state index contributed by atoms with van der Waals surface area (Å²) < 4.78 is 0. The molecule has 1 saturated carbocycles. The fourth-order valence-corrected chi connectivity index (χ4v) is 2.62. The molecule has 1 N–H and O–H groups in total. The standard InChI is InChI=1S/C12H12ClNO2/c13-9-5-8(11(15)16)1-2-10(9)14-6-12(7-14)3-4-12/h1-2,5H,3-4,6-7H2,(H,15,16). The van der Waals surface area contributed by atoms with Gasteiger partial charge in [0.25, 0.3) is 0 Å². The number of hydrogen-bond donors (Lipinski definition) is 1. The molecule has 84 valence electrons. The smallest absolute Gasteiger partial charge is 0.335 e. The molecule has 0 atom stereocenters. The van der Waals surface area contributed by atoms with Crippen LogP contribution in [0.1, 0.15) is 23.2 Å². The third-order valence-electron chi connectivity index (χ3n) is 3.54. The van der Waals surface area contributed by atoms with Gasteiger partial charge in [-0.1, -0.05) is 11.6 Å². The Morgan fingerprint density at radius 1 is 1.38 bits per heavy atom. The number of carboxylic acids is 1. The fourth-order valence-electron chi connectivity index (χ4n) is 2.32. The molecule has 16 heavy (non-hydrogen) atoms. The summed E-state index contributed by atoms with van der Waals surface area (Å²) in [6.07, 6.45) is 2.66. The lowest BCUT2D eigenvalue weighted by Crippen LogP contribution is -2.48. The number of rotatable bonds is 2. The molecule has 2 aliphatic rings. The van der Waals surface area contributed by atoms with Crippen LogP contribution in [-0.2, 0) is 0 Å². The van der Waals surface area contributed by atoms with E-state index in [9.17, 15) is 4.79 Å². The van der Waals surface area contributed by atoms with Crippen molar-refractivity contribution in [1.29, 1.82) is 0 Å². The van der Waals surface area contributed by atoms with E-state index >= 15 is 0 Å². The van der Waals surface area contributed by atoms with Crippen LogP contribution in [0.5, 0.6) is 0 Å². The number of nitrogens with zero attached hydrogens (tertiary/aromatic N) is 1. The second-order valence-corrected chi connectivity index (χ2v) is 5.23. The minimum absolute atomic E-state index is 0.246. The van der Waals surface area contributed by atoms with Crippen molar-refractivity contribution >= 4 is 23.3 Å². The Morgan fingerprint density at radius 3 is 2.56 bits per heavy atom. The molecular weight excluding hydrogens is 226 g/mol. The SMILES string of the molecule is O=C(O)c1ccc(N2CC3(CC3)C2)c(Cl)c1. The summed E-state index contributed by atoms with van der Waals surface area (Å²) in [5, 5.41) is 9.37. The minimum atomic E-state index is -0.935. The Balaban J connectivity index is 1.83. The van der Waals surface area contributed by atoms with Gasteiger partial charge < -0.3 is 10.0 Å². The van der Waals surface area contributed by atoms with Crippen molar-refractivity contribution in [3.8, 4) is 0 Å². The van der Waals surface area contributed by atoms with Crippen molar-refractivity contribution in [2.24, 2.45) is 5.41 Å². The zero-order valence-corrected chi connectivity index (χ0v) is 9.50. The van der Waals surface area contributed by atoms with Crippen molar-refractivity contribution in [3.63, 3.8) is 0 Å². The van der Waals surface area contributed by atoms with E-state index in [1.165, 1.54) is 18.9 Å². The molecule has 1 spiro atoms. The van der Waals surface area contributed by atoms with Gasteiger partial charge in [-0.2, -0.15) is 0 Å². The molecule has 1 saturated heterocycles. The lowest BCUT2D eigenvalue weighted by molar-refractivity contribution is 0.0697. The highest BCUT2D eigenvalue weighted by atomic mass is 35.5. The molecule has 1 aromatic carbocycles. The molecule has 3 rings (SSSR count). The Bertz CT molecular complexity index is 460. The van der Waals surface area contributed by atoms with Gasteiger partial charge in [0, 0.05) is 18.5 Å². The normalized spacial score (nSPS) is 20.7. The second kappa shape index (κ2) is 3.14. The number of anilines is 1. The molecule has 0 bridgehead atoms. The Hall–Kier alpha value is -1.22. The first-order chi connectivity index (χ1) is 7.60. The summed E-state index contributed by atoms with van der Waals surface area (Å²) in [5.74, 6) is -0.935. The molecular formula is C12H12ClNO2. The maximum atomic E-state index is 10.8. The van der Waals surface area contributed by atoms with Gasteiger partial charge in [-0.3, -0.25) is 0 Å². The van der Waals surface area contributed by atoms with Gasteiger partial charge in [-0.05, 0) is 31.0 Å². The van der Waals surface area contributed by atoms with E-state index < -0.39 is 5.97 Å². The number of benzene rings is 1. The number of halogens is 1. The zero-order chi connectivity index (χ0) is 11.3. The number of carboxylic acid groups (broad SMARTS) is 1. The first-order valence-electron chi connectivity index (χ1n) is 5.38. The van der Waals surface area contributed by atoms with Gasteiger partial charge in [0.2, 0.25) is 0 Å². The number of carbonyl (C=O) groups is 1. The van der Waals surface area contributed by atoms with Crippen LogP contribution in [-0.4, -0.2) is 24.2 Å². The van der Waals surface area contributed by atoms with Gasteiger partial charge in [0.15, 0.2) is 0 Å². The molecule has 0 unspecified atom stereocenters. The van der Waals surface area contributed by atoms with Crippen molar-refractivity contribution in [2.45, 2.75) is 12.8 Å². The van der Waals surface area contributed by atoms with E-state index in [0.717, 1.165) is 18.8 Å². The molecule has 1 aliphatic heterocycles. The van der Waals surface area contributed by atoms with Gasteiger partial charge in [0.1, 0.15) is 0 Å². The van der Waals surface area contributed by atoms with Crippen LogP contribution in [0.4, 0.5) is 5.69 Å². The van der Waals surface area contributed by atoms with Crippen LogP contribution >= 0.6 is 11.6 Å². The van der Waals surface area contributed by atoms with Crippen LogP contribution < -0.4 is 4.90 Å². The first-order valence-corrected chi connectivity index (χ1v) is 5.75. The summed E-state index contributed by atoms with van der Waals surface area (Å²) >= 11 is 6.09. The van der Waals surface area contributed by atoms with Crippen molar-refractivity contribution < 1.29 is 9.90 Å². The summed E-state index contributed by atoms with van der Waals surface area (Å²) in [6.45, 7) is 2.14. The van der Waals surface area contributed by atoms with E-state index in [0.29, 0.717) is 10.4 Å². The average molecular weight is 238 g/mol. The Kier molecular flexibility index (Phi) is 1.96. The van der Waals surface area contributed by atoms with Crippen LogP contribution in [0.25, 0.3) is 0 Å². The van der Waals surface area contributed by atoms with Gasteiger partial charge >= 0.3 is 5.97 Å². The Morgan fingerprint density at radius 2 is 2.06 bits per heavy atom. The summed E-state index contributed by atoms with van der Waals surface area (Å²) in [6, 6.07) is 4.94. The average Bonchev–Trinajstić information content (AvgIpc) is 2.95. The van der Waals surface area contributed by atoms with Crippen molar-refractivity contribution in [2.75, 3.05) is 18.0 Å². The predicted molar refractivity (Wildman–Crippen MR) is 62.3 cm³/mol. The lowest BCUT2D eigenvalue weighted by Gasteiger charge is -2.42. The topological polar surface area (TPSA) is 40.5 Å². The molecule has 1 aromatic rings. The Labute approximate surface area is 98.6 Å². The number of hydrogen-bond acceptors (Lipinski definition) is 2. The number of aromatic carboxylic acids is 1. The van der Waals surface area contributed by atoms with Gasteiger partial charge in [-0.25, -0.2) is 4.79 Å². The third-order valence-corrected chi connectivity index (χ3v) is 3.85. The highest BCUT2D eigenvalue weighted by Gasteiger charge is 2.52. The molecule has 4 heteroatoms. The zero-order valence-electron chi connectivity index (χ0n) is 8.74. The van der Waals surface area contributed by atoms with E-state index in [2.05, 4.69) is 4.90 Å². The summed E-state index contributed by atoms with van der Waals surface area (Å²) in [4.78, 5) is 13.0. The lowest BCUT2D eigenvalue weighted by atomic mass is 9.96. The molecule has 1 heterocycles. The van der Waals surface area contributed by atoms with E-state index in [1.54, 1.807) is 12.1 Å². The molecule has 0 amide bonds. The van der Waals surface area contributed by atoms with Crippen LogP contribution in [0.3, 0.4) is 0 Å². The predicted octanol–water partition coefficient (Wildman–Crippen LogP) is 2.64. The largest absolute Gasteiger partial charge is 0.478 e. The highest BCUT2D eigenvalue weighted by Crippen LogP contribution is 2.54. The van der Waals surface area contributed by atoms with Crippen LogP contribution in [0.15, 0.2) is 18.2 Å². The molecule has 0 radical (unpaired) electrons. The van der Waals surface area contributed by atoms with Crippen molar-refractivity contribution in [3.05, 3.63) is 28.8 Å². The van der Waals surface area contributed by atoms with E-state index in [1.807, 2.05) is 0 Å². The third kappa shape index (κ3) is 1.47. The fraction of sp³-hybridized carbons (Fsp3) is 0.417.